The molecule has 0 unspecified atom stereocenters. The fraction of sp³-hybridized carbons (Fsp3) is 0.320. The van der Waals surface area contributed by atoms with Gasteiger partial charge in [-0.15, -0.1) is 0 Å². The predicted molar refractivity (Wildman–Crippen MR) is 128 cm³/mol. The SMILES string of the molecule is COc1ccccc1N1CCN(c2nc3ccc(C)cc3nc2-n2nc(C)cc2C)CC1. The summed E-state index contributed by atoms with van der Waals surface area (Å²) in [4.78, 5) is 14.8. The second kappa shape index (κ2) is 8.15. The van der Waals surface area contributed by atoms with E-state index in [2.05, 4.69) is 60.0 Å². The fourth-order valence-electron chi connectivity index (χ4n) is 4.39. The van der Waals surface area contributed by atoms with Gasteiger partial charge in [-0.3, -0.25) is 0 Å². The van der Waals surface area contributed by atoms with E-state index in [0.29, 0.717) is 0 Å². The number of methoxy groups -OCH3 is 1. The maximum Gasteiger partial charge on any atom is 0.197 e. The van der Waals surface area contributed by atoms with Gasteiger partial charge in [0, 0.05) is 31.9 Å². The lowest BCUT2D eigenvalue weighted by molar-refractivity contribution is 0.413. The lowest BCUT2D eigenvalue weighted by Crippen LogP contribution is -2.47. The van der Waals surface area contributed by atoms with Crippen molar-refractivity contribution in [2.24, 2.45) is 0 Å². The number of nitrogens with zero attached hydrogens (tertiary/aromatic N) is 6. The molecule has 0 bridgehead atoms. The summed E-state index contributed by atoms with van der Waals surface area (Å²) in [6, 6.07) is 16.5. The number of para-hydroxylation sites is 2. The van der Waals surface area contributed by atoms with E-state index in [1.54, 1.807) is 7.11 Å². The van der Waals surface area contributed by atoms with Crippen molar-refractivity contribution in [3.05, 3.63) is 65.5 Å². The number of anilines is 2. The Bertz CT molecular complexity index is 1270. The Balaban J connectivity index is 1.52. The van der Waals surface area contributed by atoms with E-state index in [9.17, 15) is 0 Å². The molecule has 0 amide bonds. The zero-order valence-corrected chi connectivity index (χ0v) is 19.0. The van der Waals surface area contributed by atoms with Crippen molar-refractivity contribution in [2.45, 2.75) is 20.8 Å². The average molecular weight is 429 g/mol. The molecule has 32 heavy (non-hydrogen) atoms. The summed E-state index contributed by atoms with van der Waals surface area (Å²) in [5, 5.41) is 4.71. The Morgan fingerprint density at radius 2 is 1.50 bits per heavy atom. The highest BCUT2D eigenvalue weighted by molar-refractivity contribution is 5.79. The molecule has 0 saturated carbocycles. The second-order valence-corrected chi connectivity index (χ2v) is 8.35. The second-order valence-electron chi connectivity index (χ2n) is 8.35. The van der Waals surface area contributed by atoms with Crippen LogP contribution >= 0.6 is 0 Å². The monoisotopic (exact) mass is 428 g/mol. The molecule has 2 aromatic carbocycles. The molecule has 1 aliphatic rings. The van der Waals surface area contributed by atoms with Gasteiger partial charge in [-0.1, -0.05) is 18.2 Å². The first-order valence-electron chi connectivity index (χ1n) is 11.0. The number of benzene rings is 2. The van der Waals surface area contributed by atoms with Crippen LogP contribution in [0.5, 0.6) is 5.75 Å². The molecule has 7 heteroatoms. The van der Waals surface area contributed by atoms with E-state index in [1.165, 1.54) is 5.56 Å². The third-order valence-corrected chi connectivity index (χ3v) is 6.00. The molecule has 0 aliphatic carbocycles. The summed E-state index contributed by atoms with van der Waals surface area (Å²) in [6.45, 7) is 9.59. The van der Waals surface area contributed by atoms with Crippen LogP contribution < -0.4 is 14.5 Å². The van der Waals surface area contributed by atoms with Crippen LogP contribution in [-0.4, -0.2) is 53.0 Å². The molecule has 164 valence electrons. The molecule has 0 atom stereocenters. The lowest BCUT2D eigenvalue weighted by atomic mass is 10.2. The fourth-order valence-corrected chi connectivity index (χ4v) is 4.39. The van der Waals surface area contributed by atoms with Crippen molar-refractivity contribution >= 4 is 22.5 Å². The average Bonchev–Trinajstić information content (AvgIpc) is 3.16. The largest absolute Gasteiger partial charge is 0.495 e. The van der Waals surface area contributed by atoms with Gasteiger partial charge in [0.2, 0.25) is 0 Å². The Kier molecular flexibility index (Phi) is 5.17. The van der Waals surface area contributed by atoms with E-state index < -0.39 is 0 Å². The molecule has 1 fully saturated rings. The standard InChI is InChI=1S/C25H28N6O/c1-17-9-10-20-21(15-17)27-25(31-19(3)16-18(2)28-31)24(26-20)30-13-11-29(12-14-30)22-7-5-6-8-23(22)32-4/h5-10,15-16H,11-14H2,1-4H3. The summed E-state index contributed by atoms with van der Waals surface area (Å²) >= 11 is 0. The lowest BCUT2D eigenvalue weighted by Gasteiger charge is -2.37. The normalized spacial score (nSPS) is 14.2. The zero-order chi connectivity index (χ0) is 22.2. The molecular weight excluding hydrogens is 400 g/mol. The third kappa shape index (κ3) is 3.64. The molecule has 0 spiro atoms. The van der Waals surface area contributed by atoms with Crippen LogP contribution in [0.3, 0.4) is 0 Å². The number of rotatable bonds is 4. The molecule has 4 aromatic rings. The molecule has 7 nitrogen and oxygen atoms in total. The van der Waals surface area contributed by atoms with Crippen molar-refractivity contribution in [2.75, 3.05) is 43.1 Å². The van der Waals surface area contributed by atoms with Crippen LogP contribution in [0.25, 0.3) is 16.9 Å². The van der Waals surface area contributed by atoms with Crippen LogP contribution in [-0.2, 0) is 0 Å². The Labute approximate surface area is 188 Å². The van der Waals surface area contributed by atoms with Crippen molar-refractivity contribution < 1.29 is 4.74 Å². The molecule has 3 heterocycles. The number of hydrogen-bond acceptors (Lipinski definition) is 6. The maximum absolute atomic E-state index is 5.57. The zero-order valence-electron chi connectivity index (χ0n) is 19.0. The Morgan fingerprint density at radius 3 is 2.22 bits per heavy atom. The molecule has 1 aliphatic heterocycles. The highest BCUT2D eigenvalue weighted by Crippen LogP contribution is 2.31. The van der Waals surface area contributed by atoms with Crippen LogP contribution in [0.1, 0.15) is 17.0 Å². The number of aromatic nitrogens is 4. The highest BCUT2D eigenvalue weighted by Gasteiger charge is 2.25. The van der Waals surface area contributed by atoms with Gasteiger partial charge in [-0.2, -0.15) is 5.10 Å². The van der Waals surface area contributed by atoms with Crippen LogP contribution in [0.2, 0.25) is 0 Å². The first kappa shape index (κ1) is 20.3. The Morgan fingerprint density at radius 1 is 0.781 bits per heavy atom. The minimum Gasteiger partial charge on any atom is -0.495 e. The smallest absolute Gasteiger partial charge is 0.197 e. The van der Waals surface area contributed by atoms with E-state index in [-0.39, 0.29) is 0 Å². The first-order chi connectivity index (χ1) is 15.5. The van der Waals surface area contributed by atoms with Crippen LogP contribution in [0, 0.1) is 20.8 Å². The first-order valence-corrected chi connectivity index (χ1v) is 11.0. The van der Waals surface area contributed by atoms with E-state index in [1.807, 2.05) is 23.7 Å². The van der Waals surface area contributed by atoms with Gasteiger partial charge in [0.25, 0.3) is 0 Å². The van der Waals surface area contributed by atoms with Crippen molar-refractivity contribution in [1.82, 2.24) is 19.7 Å². The molecular formula is C25H28N6O. The summed E-state index contributed by atoms with van der Waals surface area (Å²) < 4.78 is 7.49. The molecule has 1 saturated heterocycles. The number of ether oxygens (including phenoxy) is 1. The van der Waals surface area contributed by atoms with Gasteiger partial charge < -0.3 is 14.5 Å². The molecule has 0 radical (unpaired) electrons. The summed E-state index contributed by atoms with van der Waals surface area (Å²) in [7, 11) is 1.72. The van der Waals surface area contributed by atoms with E-state index in [4.69, 9.17) is 19.8 Å². The minimum atomic E-state index is 0.791. The third-order valence-electron chi connectivity index (χ3n) is 6.00. The Hall–Kier alpha value is -3.61. The number of piperazine rings is 1. The van der Waals surface area contributed by atoms with Gasteiger partial charge in [0.1, 0.15) is 5.75 Å². The summed E-state index contributed by atoms with van der Waals surface area (Å²) in [5.41, 5.74) is 6.13. The topological polar surface area (TPSA) is 59.3 Å². The van der Waals surface area contributed by atoms with Gasteiger partial charge in [0.05, 0.1) is 29.5 Å². The molecule has 5 rings (SSSR count). The number of aryl methyl sites for hydroxylation is 3. The van der Waals surface area contributed by atoms with Crippen molar-refractivity contribution in [3.8, 4) is 11.6 Å². The maximum atomic E-state index is 5.57. The molecule has 2 aromatic heterocycles. The molecule has 0 N–H and O–H groups in total. The minimum absolute atomic E-state index is 0.791. The quantitative estimate of drug-likeness (QED) is 0.488. The van der Waals surface area contributed by atoms with E-state index in [0.717, 1.165) is 71.7 Å². The summed E-state index contributed by atoms with van der Waals surface area (Å²) in [5.74, 6) is 2.58. The highest BCUT2D eigenvalue weighted by atomic mass is 16.5. The van der Waals surface area contributed by atoms with Gasteiger partial charge in [0.15, 0.2) is 11.6 Å². The van der Waals surface area contributed by atoms with Crippen LogP contribution in [0.15, 0.2) is 48.5 Å². The van der Waals surface area contributed by atoms with E-state index >= 15 is 0 Å². The van der Waals surface area contributed by atoms with Crippen LogP contribution in [0.4, 0.5) is 11.5 Å². The number of fused-ring (bicyclic) bond motifs is 1. The van der Waals surface area contributed by atoms with Crippen molar-refractivity contribution in [1.29, 1.82) is 0 Å². The predicted octanol–water partition coefficient (Wildman–Crippen LogP) is 4.08. The summed E-state index contributed by atoms with van der Waals surface area (Å²) in [6.07, 6.45) is 0. The van der Waals surface area contributed by atoms with Gasteiger partial charge in [-0.25, -0.2) is 14.6 Å². The van der Waals surface area contributed by atoms with Crippen molar-refractivity contribution in [3.63, 3.8) is 0 Å². The van der Waals surface area contributed by atoms with Gasteiger partial charge in [-0.05, 0) is 56.7 Å². The van der Waals surface area contributed by atoms with Gasteiger partial charge >= 0.3 is 0 Å². The number of hydrogen-bond donors (Lipinski definition) is 0.